The fraction of sp³-hybridized carbons (Fsp3) is 0.400. The van der Waals surface area contributed by atoms with Crippen molar-refractivity contribution in [3.8, 4) is 23.0 Å². The van der Waals surface area contributed by atoms with Crippen molar-refractivity contribution in [2.24, 2.45) is 11.8 Å². The molecule has 2 aromatic rings. The molecule has 0 aliphatic carbocycles. The quantitative estimate of drug-likeness (QED) is 0.612. The van der Waals surface area contributed by atoms with Gasteiger partial charge in [-0.15, -0.1) is 0 Å². The highest BCUT2D eigenvalue weighted by atomic mass is 16.5. The number of aliphatic hydroxyl groups is 2. The first kappa shape index (κ1) is 19.3. The van der Waals surface area contributed by atoms with E-state index in [0.717, 1.165) is 5.56 Å². The lowest BCUT2D eigenvalue weighted by Gasteiger charge is -2.21. The molecule has 7 nitrogen and oxygen atoms in total. The number of hydrogen-bond acceptors (Lipinski definition) is 7. The maximum absolute atomic E-state index is 9.96. The Morgan fingerprint density at radius 1 is 0.852 bits per heavy atom. The van der Waals surface area contributed by atoms with Gasteiger partial charge in [-0.1, -0.05) is 6.07 Å². The van der Waals surface area contributed by atoms with E-state index in [2.05, 4.69) is 0 Å². The van der Waals surface area contributed by atoms with Gasteiger partial charge in [0.25, 0.3) is 0 Å². The lowest BCUT2D eigenvalue weighted by atomic mass is 9.83. The number of hydrogen-bond donors (Lipinski definition) is 4. The number of phenols is 2. The van der Waals surface area contributed by atoms with Crippen molar-refractivity contribution in [3.05, 3.63) is 47.5 Å². The number of ether oxygens (including phenoxy) is 3. The smallest absolute Gasteiger partial charge is 0.160 e. The Hall–Kier alpha value is -2.48. The van der Waals surface area contributed by atoms with E-state index in [1.807, 2.05) is 0 Å². The van der Waals surface area contributed by atoms with Gasteiger partial charge in [-0.2, -0.15) is 0 Å². The van der Waals surface area contributed by atoms with Gasteiger partial charge in [0.1, 0.15) is 11.5 Å². The van der Waals surface area contributed by atoms with Crippen molar-refractivity contribution in [2.45, 2.75) is 12.2 Å². The molecule has 0 amide bonds. The molecule has 0 bridgehead atoms. The number of benzene rings is 2. The van der Waals surface area contributed by atoms with Crippen LogP contribution in [0.4, 0.5) is 0 Å². The van der Waals surface area contributed by atoms with Gasteiger partial charge in [-0.3, -0.25) is 0 Å². The third-order valence-corrected chi connectivity index (χ3v) is 5.05. The summed E-state index contributed by atoms with van der Waals surface area (Å²) < 4.78 is 16.6. The lowest BCUT2D eigenvalue weighted by molar-refractivity contribution is 0.0182. The number of aliphatic hydroxyl groups excluding tert-OH is 2. The van der Waals surface area contributed by atoms with Crippen molar-refractivity contribution in [1.82, 2.24) is 0 Å². The van der Waals surface area contributed by atoms with E-state index in [0.29, 0.717) is 17.1 Å². The van der Waals surface area contributed by atoms with Crippen LogP contribution >= 0.6 is 0 Å². The standard InChI is InChI=1S/C20H24O7/c1-25-14-6-12(5-13(23)8-14)20-16(10-22)15(9-21)19(27-20)11-3-4-17(24)18(7-11)26-2/h3-8,15-16,19-24H,9-10H2,1-2H3/t15-,16-,19+,20+/m0/s1. The Bertz CT molecular complexity index is 792. The van der Waals surface area contributed by atoms with Crippen LogP contribution in [0.1, 0.15) is 23.3 Å². The summed E-state index contributed by atoms with van der Waals surface area (Å²) in [5, 5.41) is 39.7. The van der Waals surface area contributed by atoms with Crippen LogP contribution in [0.3, 0.4) is 0 Å². The van der Waals surface area contributed by atoms with E-state index < -0.39 is 12.2 Å². The van der Waals surface area contributed by atoms with E-state index in [1.165, 1.54) is 26.4 Å². The average Bonchev–Trinajstić information content (AvgIpc) is 3.06. The summed E-state index contributed by atoms with van der Waals surface area (Å²) in [5.41, 5.74) is 1.37. The molecule has 1 aliphatic rings. The second-order valence-electron chi connectivity index (χ2n) is 6.57. The molecule has 1 saturated heterocycles. The number of phenolic OH excluding ortho intramolecular Hbond substituents is 2. The minimum Gasteiger partial charge on any atom is -0.508 e. The largest absolute Gasteiger partial charge is 0.508 e. The summed E-state index contributed by atoms with van der Waals surface area (Å²) in [5.74, 6) is 0.0537. The summed E-state index contributed by atoms with van der Waals surface area (Å²) in [4.78, 5) is 0. The minimum atomic E-state index is -0.544. The molecule has 3 rings (SSSR count). The molecule has 1 aliphatic heterocycles. The van der Waals surface area contributed by atoms with Crippen LogP contribution < -0.4 is 9.47 Å². The fourth-order valence-electron chi connectivity index (χ4n) is 3.68. The molecule has 146 valence electrons. The van der Waals surface area contributed by atoms with Crippen LogP contribution in [-0.4, -0.2) is 47.9 Å². The van der Waals surface area contributed by atoms with E-state index >= 15 is 0 Å². The van der Waals surface area contributed by atoms with Gasteiger partial charge in [-0.25, -0.2) is 0 Å². The molecule has 27 heavy (non-hydrogen) atoms. The fourth-order valence-corrected chi connectivity index (χ4v) is 3.68. The minimum absolute atomic E-state index is 0.00720. The van der Waals surface area contributed by atoms with E-state index in [-0.39, 0.29) is 36.5 Å². The van der Waals surface area contributed by atoms with E-state index in [1.54, 1.807) is 24.3 Å². The molecular weight excluding hydrogens is 352 g/mol. The van der Waals surface area contributed by atoms with Crippen molar-refractivity contribution >= 4 is 0 Å². The maximum atomic E-state index is 9.96. The van der Waals surface area contributed by atoms with Gasteiger partial charge < -0.3 is 34.6 Å². The highest BCUT2D eigenvalue weighted by molar-refractivity contribution is 5.43. The molecule has 1 fully saturated rings. The first-order valence-electron chi connectivity index (χ1n) is 8.64. The van der Waals surface area contributed by atoms with Crippen LogP contribution in [-0.2, 0) is 4.74 Å². The second kappa shape index (κ2) is 8.04. The molecule has 2 aromatic carbocycles. The van der Waals surface area contributed by atoms with Gasteiger partial charge in [0.2, 0.25) is 0 Å². The first-order chi connectivity index (χ1) is 13.0. The Morgan fingerprint density at radius 2 is 1.52 bits per heavy atom. The van der Waals surface area contributed by atoms with Gasteiger partial charge >= 0.3 is 0 Å². The summed E-state index contributed by atoms with van der Waals surface area (Å²) in [6, 6.07) is 9.64. The van der Waals surface area contributed by atoms with Crippen LogP contribution in [0.25, 0.3) is 0 Å². The third-order valence-electron chi connectivity index (χ3n) is 5.05. The lowest BCUT2D eigenvalue weighted by Crippen LogP contribution is -2.23. The molecule has 7 heteroatoms. The van der Waals surface area contributed by atoms with Gasteiger partial charge in [0.05, 0.1) is 26.4 Å². The Labute approximate surface area is 157 Å². The third kappa shape index (κ3) is 3.66. The van der Waals surface area contributed by atoms with Gasteiger partial charge in [0, 0.05) is 31.1 Å². The predicted octanol–water partition coefficient (Wildman–Crippen LogP) is 2.14. The molecule has 0 spiro atoms. The van der Waals surface area contributed by atoms with E-state index in [4.69, 9.17) is 14.2 Å². The SMILES string of the molecule is COc1cc(O)cc([C@H]2O[C@H](c3ccc(O)c(OC)c3)[C@@H](CO)[C@@H]2CO)c1. The van der Waals surface area contributed by atoms with Crippen molar-refractivity contribution in [2.75, 3.05) is 27.4 Å². The highest BCUT2D eigenvalue weighted by Crippen LogP contribution is 2.50. The van der Waals surface area contributed by atoms with Crippen molar-refractivity contribution in [1.29, 1.82) is 0 Å². The van der Waals surface area contributed by atoms with Crippen LogP contribution in [0.2, 0.25) is 0 Å². The number of methoxy groups -OCH3 is 2. The summed E-state index contributed by atoms with van der Waals surface area (Å²) >= 11 is 0. The zero-order valence-electron chi connectivity index (χ0n) is 15.2. The van der Waals surface area contributed by atoms with Gasteiger partial charge in [0.15, 0.2) is 11.5 Å². The van der Waals surface area contributed by atoms with Crippen molar-refractivity contribution in [3.63, 3.8) is 0 Å². The monoisotopic (exact) mass is 376 g/mol. The summed E-state index contributed by atoms with van der Waals surface area (Å²) in [6.45, 7) is -0.384. The average molecular weight is 376 g/mol. The summed E-state index contributed by atoms with van der Waals surface area (Å²) in [7, 11) is 2.95. The van der Waals surface area contributed by atoms with Crippen LogP contribution in [0.5, 0.6) is 23.0 Å². The van der Waals surface area contributed by atoms with Crippen molar-refractivity contribution < 1.29 is 34.6 Å². The normalized spacial score (nSPS) is 24.7. The molecule has 0 saturated carbocycles. The molecule has 0 unspecified atom stereocenters. The molecule has 4 atom stereocenters. The second-order valence-corrected chi connectivity index (χ2v) is 6.57. The Balaban J connectivity index is 1.99. The Kier molecular flexibility index (Phi) is 5.74. The highest BCUT2D eigenvalue weighted by Gasteiger charge is 2.45. The van der Waals surface area contributed by atoms with Crippen LogP contribution in [0, 0.1) is 11.8 Å². The zero-order chi connectivity index (χ0) is 19.6. The molecule has 1 heterocycles. The molecule has 0 aromatic heterocycles. The molecular formula is C20H24O7. The van der Waals surface area contributed by atoms with Crippen LogP contribution in [0.15, 0.2) is 36.4 Å². The zero-order valence-corrected chi connectivity index (χ0v) is 15.2. The van der Waals surface area contributed by atoms with E-state index in [9.17, 15) is 20.4 Å². The molecule has 0 radical (unpaired) electrons. The van der Waals surface area contributed by atoms with Gasteiger partial charge in [-0.05, 0) is 35.4 Å². The Morgan fingerprint density at radius 3 is 2.11 bits per heavy atom. The molecule has 4 N–H and O–H groups in total. The topological polar surface area (TPSA) is 109 Å². The summed E-state index contributed by atoms with van der Waals surface area (Å²) in [6.07, 6.45) is -1.06. The number of rotatable bonds is 6. The maximum Gasteiger partial charge on any atom is 0.160 e. The first-order valence-corrected chi connectivity index (χ1v) is 8.64. The number of aromatic hydroxyl groups is 2. The predicted molar refractivity (Wildman–Crippen MR) is 97.0 cm³/mol.